The predicted molar refractivity (Wildman–Crippen MR) is 176 cm³/mol. The molecule has 3 aliphatic rings. The third-order valence-electron chi connectivity index (χ3n) is 9.17. The molecule has 0 aromatic heterocycles. The number of benzene rings is 1. The average molecular weight is 675 g/mol. The van der Waals surface area contributed by atoms with Crippen molar-refractivity contribution in [3.8, 4) is 5.75 Å². The van der Waals surface area contributed by atoms with Gasteiger partial charge in [-0.1, -0.05) is 30.4 Å². The number of carbonyl (C=O) groups is 3. The zero-order chi connectivity index (χ0) is 34.2. The van der Waals surface area contributed by atoms with Crippen LogP contribution in [0.3, 0.4) is 0 Å². The molecule has 0 spiro atoms. The van der Waals surface area contributed by atoms with E-state index in [2.05, 4.69) is 12.2 Å². The van der Waals surface area contributed by atoms with Gasteiger partial charge in [0.2, 0.25) is 0 Å². The number of hydrogen-bond acceptors (Lipinski definition) is 11. The summed E-state index contributed by atoms with van der Waals surface area (Å²) < 4.78 is 46.9. The van der Waals surface area contributed by atoms with Crippen LogP contribution in [-0.2, 0) is 47.5 Å². The molecule has 0 N–H and O–H groups in total. The van der Waals surface area contributed by atoms with E-state index in [1.807, 2.05) is 30.3 Å². The highest BCUT2D eigenvalue weighted by Gasteiger charge is 2.48. The fraction of sp³-hybridized carbons (Fsp3) is 0.703. The lowest BCUT2D eigenvalue weighted by atomic mass is 9.87. The van der Waals surface area contributed by atoms with Gasteiger partial charge in [-0.25, -0.2) is 4.79 Å². The van der Waals surface area contributed by atoms with Crippen LogP contribution in [-0.4, -0.2) is 75.4 Å². The molecule has 0 radical (unpaired) electrons. The normalized spacial score (nSPS) is 26.4. The van der Waals surface area contributed by atoms with Crippen LogP contribution >= 0.6 is 0 Å². The first-order chi connectivity index (χ1) is 23.3. The predicted octanol–water partition coefficient (Wildman–Crippen LogP) is 6.42. The molecular weight excluding hydrogens is 620 g/mol. The highest BCUT2D eigenvalue weighted by Crippen LogP contribution is 2.40. The lowest BCUT2D eigenvalue weighted by Crippen LogP contribution is -2.52. The van der Waals surface area contributed by atoms with Gasteiger partial charge in [0, 0.05) is 39.4 Å². The van der Waals surface area contributed by atoms with E-state index in [9.17, 15) is 14.4 Å². The molecule has 0 amide bonds. The van der Waals surface area contributed by atoms with E-state index in [0.717, 1.165) is 50.7 Å². The number of rotatable bonds is 18. The highest BCUT2D eigenvalue weighted by atomic mass is 16.8. The summed E-state index contributed by atoms with van der Waals surface area (Å²) >= 11 is 0. The molecule has 48 heavy (non-hydrogen) atoms. The van der Waals surface area contributed by atoms with Crippen LogP contribution in [0.5, 0.6) is 5.75 Å². The van der Waals surface area contributed by atoms with E-state index in [1.165, 1.54) is 21.0 Å². The first-order valence-corrected chi connectivity index (χ1v) is 17.6. The molecule has 1 aromatic carbocycles. The number of esters is 3. The van der Waals surface area contributed by atoms with E-state index >= 15 is 0 Å². The Morgan fingerprint density at radius 2 is 1.58 bits per heavy atom. The van der Waals surface area contributed by atoms with Crippen LogP contribution in [0, 0.1) is 11.8 Å². The van der Waals surface area contributed by atoms with Gasteiger partial charge < -0.3 is 37.9 Å². The molecule has 268 valence electrons. The van der Waals surface area contributed by atoms with Gasteiger partial charge >= 0.3 is 17.9 Å². The van der Waals surface area contributed by atoms with E-state index in [1.54, 1.807) is 0 Å². The van der Waals surface area contributed by atoms with E-state index in [-0.39, 0.29) is 36.8 Å². The van der Waals surface area contributed by atoms with Crippen molar-refractivity contribution in [1.82, 2.24) is 0 Å². The van der Waals surface area contributed by atoms with Crippen molar-refractivity contribution in [3.05, 3.63) is 42.5 Å². The Hall–Kier alpha value is -2.99. The summed E-state index contributed by atoms with van der Waals surface area (Å²) in [6.45, 7) is 4.42. The Kier molecular flexibility index (Phi) is 15.7. The number of carbonyl (C=O) groups excluding carboxylic acids is 3. The van der Waals surface area contributed by atoms with Crippen LogP contribution < -0.4 is 4.74 Å². The Morgan fingerprint density at radius 3 is 2.17 bits per heavy atom. The van der Waals surface area contributed by atoms with E-state index in [0.29, 0.717) is 45.5 Å². The minimum absolute atomic E-state index is 0.0439. The molecule has 11 nitrogen and oxygen atoms in total. The van der Waals surface area contributed by atoms with Crippen LogP contribution in [0.2, 0.25) is 0 Å². The maximum absolute atomic E-state index is 13.4. The van der Waals surface area contributed by atoms with Crippen LogP contribution in [0.1, 0.15) is 97.3 Å². The third-order valence-corrected chi connectivity index (χ3v) is 9.17. The summed E-state index contributed by atoms with van der Waals surface area (Å²) in [5.41, 5.74) is 0. The quantitative estimate of drug-likeness (QED) is 0.0563. The van der Waals surface area contributed by atoms with Crippen molar-refractivity contribution >= 4 is 17.9 Å². The molecule has 11 heteroatoms. The summed E-state index contributed by atoms with van der Waals surface area (Å²) in [5.74, 6) is -2.14. The molecule has 4 rings (SSSR count). The van der Waals surface area contributed by atoms with Crippen LogP contribution in [0.15, 0.2) is 42.5 Å². The second kappa shape index (κ2) is 19.9. The molecule has 0 bridgehead atoms. The van der Waals surface area contributed by atoms with E-state index in [4.69, 9.17) is 37.9 Å². The van der Waals surface area contributed by atoms with Gasteiger partial charge in [-0.15, -0.1) is 0 Å². The first-order valence-electron chi connectivity index (χ1n) is 17.6. The number of methoxy groups -OCH3 is 1. The highest BCUT2D eigenvalue weighted by molar-refractivity contribution is 5.77. The number of allylic oxidation sites excluding steroid dienone is 1. The summed E-state index contributed by atoms with van der Waals surface area (Å²) in [4.78, 5) is 37.7. The standard InChI is InChI=1S/C37H54O11/c1-27(38)45-31(22-23-37(36(40)41-3,47-34-16-8-11-25-43-34)48-35-17-9-12-26-44-35)19-20-32-29(18-21-33(32)46-28(2)39)13-7-10-24-42-30-14-5-4-6-15-30/h4-7,13-15,29,31-35H,8-12,16-26H2,1-3H3/b13-7+/t29-,31?,32+,33-,34?,35?,37?/m0/s1. The lowest BCUT2D eigenvalue weighted by Gasteiger charge is -2.39. The maximum Gasteiger partial charge on any atom is 0.366 e. The average Bonchev–Trinajstić information content (AvgIpc) is 3.46. The lowest BCUT2D eigenvalue weighted by molar-refractivity contribution is -0.353. The smallest absolute Gasteiger partial charge is 0.366 e. The van der Waals surface area contributed by atoms with Crippen molar-refractivity contribution in [1.29, 1.82) is 0 Å². The molecule has 1 aromatic rings. The molecule has 2 heterocycles. The molecule has 6 atom stereocenters. The van der Waals surface area contributed by atoms with Crippen LogP contribution in [0.25, 0.3) is 0 Å². The zero-order valence-electron chi connectivity index (χ0n) is 28.8. The van der Waals surface area contributed by atoms with Gasteiger partial charge in [0.25, 0.3) is 5.79 Å². The Bertz CT molecular complexity index is 1120. The van der Waals surface area contributed by atoms with Gasteiger partial charge in [0.05, 0.1) is 13.7 Å². The van der Waals surface area contributed by atoms with Crippen molar-refractivity contribution in [2.24, 2.45) is 11.8 Å². The number of para-hydroxylation sites is 1. The van der Waals surface area contributed by atoms with Crippen molar-refractivity contribution in [2.45, 2.75) is 128 Å². The van der Waals surface area contributed by atoms with Crippen molar-refractivity contribution < 1.29 is 52.3 Å². The minimum atomic E-state index is -1.79. The first kappa shape index (κ1) is 37.8. The second-order valence-electron chi connectivity index (χ2n) is 12.9. The molecular formula is C37H54O11. The summed E-state index contributed by atoms with van der Waals surface area (Å²) in [5, 5.41) is 0. The van der Waals surface area contributed by atoms with Gasteiger partial charge in [0.15, 0.2) is 12.6 Å². The Morgan fingerprint density at radius 1 is 0.896 bits per heavy atom. The number of ether oxygens (including phenoxy) is 8. The van der Waals surface area contributed by atoms with Crippen molar-refractivity contribution in [2.75, 3.05) is 26.9 Å². The van der Waals surface area contributed by atoms with Gasteiger partial charge in [-0.3, -0.25) is 9.59 Å². The third kappa shape index (κ3) is 12.2. The van der Waals surface area contributed by atoms with Gasteiger partial charge in [-0.05, 0) is 95.1 Å². The topological polar surface area (TPSA) is 125 Å². The fourth-order valence-electron chi connectivity index (χ4n) is 6.85. The van der Waals surface area contributed by atoms with Gasteiger partial charge in [0.1, 0.15) is 18.0 Å². The molecule has 3 unspecified atom stereocenters. The molecule has 1 aliphatic carbocycles. The Balaban J connectivity index is 1.43. The van der Waals surface area contributed by atoms with Crippen LogP contribution in [0.4, 0.5) is 0 Å². The van der Waals surface area contributed by atoms with Crippen molar-refractivity contribution in [3.63, 3.8) is 0 Å². The fourth-order valence-corrected chi connectivity index (χ4v) is 6.85. The summed E-state index contributed by atoms with van der Waals surface area (Å²) in [6.07, 6.45) is 11.0. The maximum atomic E-state index is 13.4. The molecule has 2 saturated heterocycles. The largest absolute Gasteiger partial charge is 0.493 e. The van der Waals surface area contributed by atoms with Gasteiger partial charge in [-0.2, -0.15) is 0 Å². The SMILES string of the molecule is COC(=O)C(CCC(CC[C@H]1[C@@H](OC(C)=O)CC[C@@H]1/C=C/CCOc1ccccc1)OC(C)=O)(OC1CCCCO1)OC1CCCCO1. The Labute approximate surface area is 284 Å². The molecule has 2 aliphatic heterocycles. The second-order valence-corrected chi connectivity index (χ2v) is 12.9. The summed E-state index contributed by atoms with van der Waals surface area (Å²) in [7, 11) is 1.30. The number of hydrogen-bond donors (Lipinski definition) is 0. The zero-order valence-corrected chi connectivity index (χ0v) is 28.8. The monoisotopic (exact) mass is 674 g/mol. The molecule has 3 fully saturated rings. The molecule has 1 saturated carbocycles. The van der Waals surface area contributed by atoms with E-state index < -0.39 is 36.4 Å². The summed E-state index contributed by atoms with van der Waals surface area (Å²) in [6, 6.07) is 9.70. The minimum Gasteiger partial charge on any atom is -0.493 e.